The van der Waals surface area contributed by atoms with E-state index in [-0.39, 0.29) is 5.91 Å². The molecule has 4 N–H and O–H groups in total. The molecule has 20 heavy (non-hydrogen) atoms. The quantitative estimate of drug-likeness (QED) is 0.647. The number of H-pyrrole nitrogens is 1. The summed E-state index contributed by atoms with van der Waals surface area (Å²) in [5.41, 5.74) is 8.77. The fourth-order valence-electron chi connectivity index (χ4n) is 2.08. The number of nitrogen functional groups attached to an aromatic ring is 1. The van der Waals surface area contributed by atoms with Crippen molar-refractivity contribution in [2.75, 3.05) is 5.73 Å². The summed E-state index contributed by atoms with van der Waals surface area (Å²) in [5, 5.41) is 6.64. The van der Waals surface area contributed by atoms with Crippen LogP contribution in [0.1, 0.15) is 21.1 Å². The highest BCUT2D eigenvalue weighted by Crippen LogP contribution is 2.21. The molecule has 0 radical (unpaired) electrons. The third kappa shape index (κ3) is 2.37. The van der Waals surface area contributed by atoms with Gasteiger partial charge in [-0.2, -0.15) is 0 Å². The second kappa shape index (κ2) is 4.97. The van der Waals surface area contributed by atoms with Gasteiger partial charge in [0, 0.05) is 28.2 Å². The van der Waals surface area contributed by atoms with E-state index in [1.54, 1.807) is 29.7 Å². The number of thiazole rings is 1. The Labute approximate surface area is 119 Å². The number of benzene rings is 1. The Bertz CT molecular complexity index is 774. The minimum atomic E-state index is -0.132. The van der Waals surface area contributed by atoms with Crippen LogP contribution in [0.15, 0.2) is 29.8 Å². The summed E-state index contributed by atoms with van der Waals surface area (Å²) in [4.78, 5) is 19.6. The molecule has 2 aromatic heterocycles. The van der Waals surface area contributed by atoms with Crippen LogP contribution in [0.3, 0.4) is 0 Å². The lowest BCUT2D eigenvalue weighted by Gasteiger charge is -2.02. The zero-order valence-electron chi connectivity index (χ0n) is 10.9. The van der Waals surface area contributed by atoms with Crippen molar-refractivity contribution in [1.29, 1.82) is 0 Å². The molecule has 2 heterocycles. The predicted octanol–water partition coefficient (Wildman–Crippen LogP) is 2.45. The van der Waals surface area contributed by atoms with Gasteiger partial charge in [0.05, 0.1) is 22.8 Å². The normalized spacial score (nSPS) is 10.8. The van der Waals surface area contributed by atoms with Gasteiger partial charge in [0.25, 0.3) is 5.91 Å². The van der Waals surface area contributed by atoms with Crippen molar-refractivity contribution in [3.8, 4) is 0 Å². The first kappa shape index (κ1) is 12.7. The molecule has 5 nitrogen and oxygen atoms in total. The number of carbonyl (C=O) groups excluding carboxylic acids is 1. The van der Waals surface area contributed by atoms with Gasteiger partial charge >= 0.3 is 0 Å². The van der Waals surface area contributed by atoms with E-state index in [9.17, 15) is 4.79 Å². The average molecular weight is 286 g/mol. The maximum Gasteiger partial charge on any atom is 0.253 e. The Kier molecular flexibility index (Phi) is 3.15. The Morgan fingerprint density at radius 2 is 2.35 bits per heavy atom. The zero-order chi connectivity index (χ0) is 14.1. The number of amides is 1. The summed E-state index contributed by atoms with van der Waals surface area (Å²) in [5.74, 6) is -0.132. The summed E-state index contributed by atoms with van der Waals surface area (Å²) in [7, 11) is 0. The van der Waals surface area contributed by atoms with Gasteiger partial charge in [0.15, 0.2) is 0 Å². The van der Waals surface area contributed by atoms with Crippen molar-refractivity contribution in [2.24, 2.45) is 0 Å². The number of fused-ring (bicyclic) bond motifs is 1. The van der Waals surface area contributed by atoms with E-state index in [0.717, 1.165) is 21.6 Å². The maximum absolute atomic E-state index is 12.2. The fraction of sp³-hybridized carbons (Fsp3) is 0.143. The van der Waals surface area contributed by atoms with Crippen molar-refractivity contribution < 1.29 is 4.79 Å². The smallest absolute Gasteiger partial charge is 0.253 e. The minimum Gasteiger partial charge on any atom is -0.399 e. The van der Waals surface area contributed by atoms with Gasteiger partial charge in [-0.1, -0.05) is 0 Å². The molecule has 0 aliphatic rings. The summed E-state index contributed by atoms with van der Waals surface area (Å²) >= 11 is 1.57. The lowest BCUT2D eigenvalue weighted by atomic mass is 10.1. The Morgan fingerprint density at radius 3 is 3.10 bits per heavy atom. The number of aryl methyl sites for hydroxylation is 1. The predicted molar refractivity (Wildman–Crippen MR) is 80.7 cm³/mol. The second-order valence-electron chi connectivity index (χ2n) is 4.55. The third-order valence-electron chi connectivity index (χ3n) is 3.05. The van der Waals surface area contributed by atoms with Crippen LogP contribution in [-0.4, -0.2) is 15.9 Å². The zero-order valence-corrected chi connectivity index (χ0v) is 11.8. The van der Waals surface area contributed by atoms with Crippen LogP contribution >= 0.6 is 11.3 Å². The summed E-state index contributed by atoms with van der Waals surface area (Å²) in [6.45, 7) is 2.37. The number of nitrogens with zero attached hydrogens (tertiary/aromatic N) is 1. The van der Waals surface area contributed by atoms with E-state index < -0.39 is 0 Å². The van der Waals surface area contributed by atoms with Crippen molar-refractivity contribution in [3.05, 3.63) is 46.0 Å². The van der Waals surface area contributed by atoms with Crippen molar-refractivity contribution >= 4 is 33.8 Å². The molecule has 0 aliphatic carbocycles. The number of anilines is 1. The average Bonchev–Trinajstić information content (AvgIpc) is 3.02. The number of rotatable bonds is 3. The molecule has 0 aliphatic heterocycles. The monoisotopic (exact) mass is 286 g/mol. The van der Waals surface area contributed by atoms with Crippen LogP contribution in [0.25, 0.3) is 10.9 Å². The van der Waals surface area contributed by atoms with Gasteiger partial charge in [-0.05, 0) is 25.1 Å². The molecule has 1 amide bonds. The topological polar surface area (TPSA) is 83.8 Å². The second-order valence-corrected chi connectivity index (χ2v) is 5.61. The molecule has 6 heteroatoms. The molecule has 0 saturated heterocycles. The molecule has 0 spiro atoms. The van der Waals surface area contributed by atoms with Crippen LogP contribution in [0.4, 0.5) is 5.69 Å². The first-order valence-corrected chi connectivity index (χ1v) is 7.07. The number of aromatic amines is 1. The molecule has 102 valence electrons. The molecule has 0 atom stereocenters. The van der Waals surface area contributed by atoms with Crippen LogP contribution < -0.4 is 11.1 Å². The van der Waals surface area contributed by atoms with E-state index in [2.05, 4.69) is 15.3 Å². The molecule has 0 fully saturated rings. The van der Waals surface area contributed by atoms with E-state index in [0.29, 0.717) is 17.8 Å². The minimum absolute atomic E-state index is 0.132. The Morgan fingerprint density at radius 1 is 1.50 bits per heavy atom. The largest absolute Gasteiger partial charge is 0.399 e. The number of nitrogens with two attached hydrogens (primary N) is 1. The van der Waals surface area contributed by atoms with Crippen LogP contribution in [-0.2, 0) is 6.54 Å². The molecule has 1 aromatic carbocycles. The van der Waals surface area contributed by atoms with E-state index in [4.69, 9.17) is 5.73 Å². The first-order valence-electron chi connectivity index (χ1n) is 6.19. The summed E-state index contributed by atoms with van der Waals surface area (Å²) in [6, 6.07) is 5.47. The van der Waals surface area contributed by atoms with Gasteiger partial charge in [-0.3, -0.25) is 4.79 Å². The van der Waals surface area contributed by atoms with Gasteiger partial charge in [-0.25, -0.2) is 4.98 Å². The number of hydrogen-bond acceptors (Lipinski definition) is 4. The lowest BCUT2D eigenvalue weighted by molar-refractivity contribution is 0.0952. The highest BCUT2D eigenvalue weighted by molar-refractivity contribution is 7.09. The number of carbonyl (C=O) groups is 1. The molecule has 0 bridgehead atoms. The first-order chi connectivity index (χ1) is 9.63. The maximum atomic E-state index is 12.2. The summed E-state index contributed by atoms with van der Waals surface area (Å²) in [6.07, 6.45) is 1.70. The molecular weight excluding hydrogens is 272 g/mol. The summed E-state index contributed by atoms with van der Waals surface area (Å²) < 4.78 is 0. The van der Waals surface area contributed by atoms with E-state index in [1.165, 1.54) is 0 Å². The number of nitrogens with one attached hydrogen (secondary N) is 2. The Hall–Kier alpha value is -2.34. The van der Waals surface area contributed by atoms with Crippen LogP contribution in [0, 0.1) is 6.92 Å². The third-order valence-corrected chi connectivity index (χ3v) is 3.87. The highest BCUT2D eigenvalue weighted by atomic mass is 32.1. The standard InChI is InChI=1S/C14H14N4OS/c1-8-18-10(7-20-8)5-17-14(19)12-6-16-13-3-2-9(15)4-11(12)13/h2-4,6-7,16H,5,15H2,1H3,(H,17,19). The van der Waals surface area contributed by atoms with Crippen molar-refractivity contribution in [3.63, 3.8) is 0 Å². The van der Waals surface area contributed by atoms with Crippen molar-refractivity contribution in [2.45, 2.75) is 13.5 Å². The van der Waals surface area contributed by atoms with Crippen LogP contribution in [0.2, 0.25) is 0 Å². The molecule has 3 rings (SSSR count). The van der Waals surface area contributed by atoms with Gasteiger partial charge in [-0.15, -0.1) is 11.3 Å². The molecule has 0 saturated carbocycles. The molecule has 3 aromatic rings. The van der Waals surface area contributed by atoms with Crippen molar-refractivity contribution in [1.82, 2.24) is 15.3 Å². The lowest BCUT2D eigenvalue weighted by Crippen LogP contribution is -2.22. The van der Waals surface area contributed by atoms with Crippen LogP contribution in [0.5, 0.6) is 0 Å². The molecular formula is C14H14N4OS. The van der Waals surface area contributed by atoms with Gasteiger partial charge < -0.3 is 16.0 Å². The Balaban J connectivity index is 1.80. The van der Waals surface area contributed by atoms with Gasteiger partial charge in [0.1, 0.15) is 0 Å². The highest BCUT2D eigenvalue weighted by Gasteiger charge is 2.12. The molecule has 0 unspecified atom stereocenters. The van der Waals surface area contributed by atoms with E-state index in [1.807, 2.05) is 18.4 Å². The number of aromatic nitrogens is 2. The SMILES string of the molecule is Cc1nc(CNC(=O)c2c[nH]c3ccc(N)cc23)cs1. The van der Waals surface area contributed by atoms with E-state index >= 15 is 0 Å². The fourth-order valence-corrected chi connectivity index (χ4v) is 2.69. The number of hydrogen-bond donors (Lipinski definition) is 3. The van der Waals surface area contributed by atoms with Gasteiger partial charge in [0.2, 0.25) is 0 Å².